The smallest absolute Gasteiger partial charge is 0.264 e. The summed E-state index contributed by atoms with van der Waals surface area (Å²) in [6, 6.07) is 6.78. The number of rotatable bonds is 14. The number of anilines is 1. The molecule has 5 heterocycles. The van der Waals surface area contributed by atoms with Crippen LogP contribution in [0.2, 0.25) is 0 Å². The topological polar surface area (TPSA) is 212 Å². The van der Waals surface area contributed by atoms with E-state index in [1.165, 1.54) is 7.11 Å². The van der Waals surface area contributed by atoms with Crippen molar-refractivity contribution in [1.82, 2.24) is 25.4 Å². The van der Waals surface area contributed by atoms with Gasteiger partial charge in [-0.15, -0.1) is 0 Å². The number of ether oxygens (including phenoxy) is 3. The molecule has 2 aromatic carbocycles. The van der Waals surface area contributed by atoms with Crippen LogP contribution in [0.3, 0.4) is 0 Å². The molecule has 4 aliphatic heterocycles. The number of halogens is 1. The molecule has 1 saturated carbocycles. The molecular weight excluding hydrogens is 826 g/mol. The normalized spacial score (nSPS) is 25.1. The highest BCUT2D eigenvalue weighted by molar-refractivity contribution is 6.25. The van der Waals surface area contributed by atoms with Crippen molar-refractivity contribution >= 4 is 51.9 Å². The number of nitrogens with one attached hydrogen (secondary N) is 3. The highest BCUT2D eigenvalue weighted by Gasteiger charge is 2.46. The van der Waals surface area contributed by atoms with Crippen LogP contribution in [-0.4, -0.2) is 121 Å². The Morgan fingerprint density at radius 3 is 2.50 bits per heavy atom. The molecule has 5 N–H and O–H groups in total. The van der Waals surface area contributed by atoms with E-state index in [0.717, 1.165) is 63.1 Å². The van der Waals surface area contributed by atoms with Crippen LogP contribution >= 0.6 is 0 Å². The predicted molar refractivity (Wildman–Crippen MR) is 232 cm³/mol. The molecule has 2 unspecified atom stereocenters. The number of hydrogen-bond donors (Lipinski definition) is 4. The van der Waals surface area contributed by atoms with E-state index in [4.69, 9.17) is 19.9 Å². The van der Waals surface area contributed by atoms with E-state index in [1.807, 2.05) is 6.92 Å². The Balaban J connectivity index is 0.798. The number of likely N-dealkylation sites (tertiary alicyclic amines) is 1. The molecule has 6 amide bonds. The molecule has 3 saturated heterocycles. The van der Waals surface area contributed by atoms with Crippen molar-refractivity contribution in [2.24, 2.45) is 23.5 Å². The molecule has 64 heavy (non-hydrogen) atoms. The Labute approximate surface area is 370 Å². The maximum atomic E-state index is 14.4. The lowest BCUT2D eigenvalue weighted by atomic mass is 9.81. The van der Waals surface area contributed by atoms with Crippen molar-refractivity contribution in [2.75, 3.05) is 51.8 Å². The first kappa shape index (κ1) is 44.5. The Bertz CT molecular complexity index is 2400. The number of aromatic nitrogens is 1. The van der Waals surface area contributed by atoms with Crippen LogP contribution in [0, 0.1) is 29.6 Å². The van der Waals surface area contributed by atoms with Gasteiger partial charge in [-0.1, -0.05) is 24.8 Å². The number of pyridine rings is 1. The van der Waals surface area contributed by atoms with Gasteiger partial charge >= 0.3 is 0 Å². The summed E-state index contributed by atoms with van der Waals surface area (Å²) in [5.41, 5.74) is 7.50. The van der Waals surface area contributed by atoms with Gasteiger partial charge in [0, 0.05) is 67.1 Å². The maximum absolute atomic E-state index is 14.4. The number of amides is 6. The number of methoxy groups -OCH3 is 1. The van der Waals surface area contributed by atoms with Crippen LogP contribution in [0.4, 0.5) is 10.1 Å². The zero-order valence-corrected chi connectivity index (χ0v) is 36.1. The maximum Gasteiger partial charge on any atom is 0.264 e. The molecule has 0 spiro atoms. The number of nitrogens with zero attached hydrogens (tertiary/aromatic N) is 3. The molecule has 3 aromatic rings. The highest BCUT2D eigenvalue weighted by Crippen LogP contribution is 2.36. The zero-order valence-electron chi connectivity index (χ0n) is 36.1. The Hall–Kier alpha value is -6.12. The van der Waals surface area contributed by atoms with E-state index >= 15 is 0 Å². The number of fused-ring (bicyclic) bond motifs is 2. The minimum atomic E-state index is -1.59. The number of benzene rings is 2. The first-order valence-electron chi connectivity index (χ1n) is 22.3. The van der Waals surface area contributed by atoms with Crippen LogP contribution in [0.1, 0.15) is 101 Å². The third-order valence-corrected chi connectivity index (χ3v) is 13.3. The van der Waals surface area contributed by atoms with E-state index < -0.39 is 59.6 Å². The number of carbonyl (C=O) groups excluding carboxylic acids is 6. The van der Waals surface area contributed by atoms with Crippen molar-refractivity contribution in [3.63, 3.8) is 0 Å². The average Bonchev–Trinajstić information content (AvgIpc) is 3.72. The van der Waals surface area contributed by atoms with Gasteiger partial charge in [0.05, 0.1) is 48.1 Å². The summed E-state index contributed by atoms with van der Waals surface area (Å²) < 4.78 is 32.2. The summed E-state index contributed by atoms with van der Waals surface area (Å²) in [6.45, 7) is 5.63. The summed E-state index contributed by atoms with van der Waals surface area (Å²) in [5.74, 6) is 4.14. The quantitative estimate of drug-likeness (QED) is 0.104. The fraction of sp³-hybridized carbons (Fsp3) is 0.511. The predicted octanol–water partition coefficient (Wildman–Crippen LogP) is 3.74. The Morgan fingerprint density at radius 1 is 1.00 bits per heavy atom. The molecule has 338 valence electrons. The third kappa shape index (κ3) is 9.25. The molecule has 1 aromatic heterocycles. The van der Waals surface area contributed by atoms with Crippen LogP contribution < -0.4 is 31.2 Å². The number of carbonyl (C=O) groups is 6. The lowest BCUT2D eigenvalue weighted by Gasteiger charge is -2.36. The fourth-order valence-electron chi connectivity index (χ4n) is 9.78. The summed E-state index contributed by atoms with van der Waals surface area (Å²) in [4.78, 5) is 83.1. The first-order valence-corrected chi connectivity index (χ1v) is 22.3. The molecule has 1 aliphatic carbocycles. The van der Waals surface area contributed by atoms with Gasteiger partial charge in [0.25, 0.3) is 23.6 Å². The second-order valence-electron chi connectivity index (χ2n) is 17.3. The molecule has 17 heteroatoms. The first-order chi connectivity index (χ1) is 30.9. The van der Waals surface area contributed by atoms with E-state index in [0.29, 0.717) is 47.5 Å². The van der Waals surface area contributed by atoms with Crippen LogP contribution in [0.15, 0.2) is 36.5 Å². The number of primary amides is 1. The van der Waals surface area contributed by atoms with E-state index in [2.05, 4.69) is 37.7 Å². The van der Waals surface area contributed by atoms with Crippen LogP contribution in [-0.2, 0) is 19.1 Å². The third-order valence-electron chi connectivity index (χ3n) is 13.3. The van der Waals surface area contributed by atoms with Crippen molar-refractivity contribution in [2.45, 2.75) is 89.1 Å². The van der Waals surface area contributed by atoms with Crippen LogP contribution in [0.25, 0.3) is 10.8 Å². The molecule has 4 fully saturated rings. The average molecular weight is 880 g/mol. The molecule has 16 nitrogen and oxygen atoms in total. The van der Waals surface area contributed by atoms with Gasteiger partial charge in [0.15, 0.2) is 6.17 Å². The Kier molecular flexibility index (Phi) is 13.4. The second kappa shape index (κ2) is 19.3. The number of alkyl halides is 1. The monoisotopic (exact) mass is 879 g/mol. The number of hydrogen-bond acceptors (Lipinski definition) is 12. The summed E-state index contributed by atoms with van der Waals surface area (Å²) in [6.07, 6.45) is 6.68. The SMILES string of the molecule is CC[C@H]1C(COc2ncc(C#CC3CCC(CN4CCC(OCCNc5cccc6c5C(=O)N(C5CCC(=O)NC5=O)C6=O)CC4)CC3)c3cc(C(N)=O)c(OC)cc23)NC(=O)[C@H]1F. The number of imide groups is 2. The number of piperidine rings is 2. The minimum absolute atomic E-state index is 0.0235. The van der Waals surface area contributed by atoms with Gasteiger partial charge in [-0.3, -0.25) is 39.0 Å². The summed E-state index contributed by atoms with van der Waals surface area (Å²) >= 11 is 0. The van der Waals surface area contributed by atoms with Gasteiger partial charge in [-0.2, -0.15) is 0 Å². The van der Waals surface area contributed by atoms with E-state index in [9.17, 15) is 33.2 Å². The van der Waals surface area contributed by atoms with Crippen molar-refractivity contribution in [1.29, 1.82) is 0 Å². The molecule has 0 radical (unpaired) electrons. The molecule has 5 aliphatic rings. The van der Waals surface area contributed by atoms with E-state index in [1.54, 1.807) is 36.5 Å². The van der Waals surface area contributed by atoms with Gasteiger partial charge in [-0.05, 0) is 81.5 Å². The molecule has 4 atom stereocenters. The zero-order chi connectivity index (χ0) is 45.1. The van der Waals surface area contributed by atoms with E-state index in [-0.39, 0.29) is 59.8 Å². The van der Waals surface area contributed by atoms with Crippen molar-refractivity contribution in [3.05, 3.63) is 58.8 Å². The molecular formula is C47H54FN7O9. The summed E-state index contributed by atoms with van der Waals surface area (Å²) in [7, 11) is 1.44. The molecule has 8 rings (SSSR count). The lowest BCUT2D eigenvalue weighted by molar-refractivity contribution is -0.136. The van der Waals surface area contributed by atoms with Gasteiger partial charge < -0.3 is 35.5 Å². The van der Waals surface area contributed by atoms with Gasteiger partial charge in [0.1, 0.15) is 18.4 Å². The molecule has 0 bridgehead atoms. The standard InChI is InChI=1S/C47H54FN7O9/c1-3-30-36(52-44(59)41(30)48)25-64-45-33-22-38(62-2)34(42(49)57)21-32(33)28(23-51-45)12-11-26-7-9-27(10-8-26)24-54-18-15-29(16-19-54)63-20-17-50-35-6-4-5-31-40(35)47(61)55(46(31)60)37-13-14-39(56)53-43(37)58/h4-6,21-23,26-27,29-30,36-37,41,50H,3,7-10,13-20,24-25H2,1-2H3,(H2,49,57)(H,52,59)(H,53,56,58)/t26?,27?,30-,36?,37?,41-/m0/s1. The lowest BCUT2D eigenvalue weighted by Crippen LogP contribution is -2.54. The Morgan fingerprint density at radius 2 is 1.78 bits per heavy atom. The van der Waals surface area contributed by atoms with Gasteiger partial charge in [0.2, 0.25) is 17.7 Å². The number of nitrogens with two attached hydrogens (primary N) is 1. The summed E-state index contributed by atoms with van der Waals surface area (Å²) in [5, 5.41) is 9.35. The van der Waals surface area contributed by atoms with Crippen molar-refractivity contribution in [3.8, 4) is 23.5 Å². The second-order valence-corrected chi connectivity index (χ2v) is 17.3. The highest BCUT2D eigenvalue weighted by atomic mass is 19.1. The van der Waals surface area contributed by atoms with Crippen LogP contribution in [0.5, 0.6) is 11.6 Å². The van der Waals surface area contributed by atoms with Gasteiger partial charge in [-0.25, -0.2) is 9.37 Å². The largest absolute Gasteiger partial charge is 0.496 e. The minimum Gasteiger partial charge on any atom is -0.496 e. The van der Waals surface area contributed by atoms with Crippen molar-refractivity contribution < 1.29 is 47.4 Å². The fourth-order valence-corrected chi connectivity index (χ4v) is 9.78.